The Morgan fingerprint density at radius 3 is 2.70 bits per heavy atom. The Bertz CT molecular complexity index is 525. The van der Waals surface area contributed by atoms with Gasteiger partial charge in [-0.05, 0) is 32.0 Å². The molecule has 0 radical (unpaired) electrons. The minimum atomic E-state index is -0.406. The van der Waals surface area contributed by atoms with Crippen LogP contribution in [-0.2, 0) is 0 Å². The van der Waals surface area contributed by atoms with Gasteiger partial charge < -0.3 is 25.2 Å². The van der Waals surface area contributed by atoms with Crippen molar-refractivity contribution in [2.24, 2.45) is 5.92 Å². The van der Waals surface area contributed by atoms with Gasteiger partial charge in [-0.25, -0.2) is 0 Å². The van der Waals surface area contributed by atoms with Crippen molar-refractivity contribution in [3.8, 4) is 11.5 Å². The first-order chi connectivity index (χ1) is 10.5. The summed E-state index contributed by atoms with van der Waals surface area (Å²) in [7, 11) is 1.55. The summed E-state index contributed by atoms with van der Waals surface area (Å²) in [6.07, 6.45) is -0.374. The van der Waals surface area contributed by atoms with Gasteiger partial charge in [0.25, 0.3) is 5.91 Å². The zero-order chi connectivity index (χ0) is 16.1. The summed E-state index contributed by atoms with van der Waals surface area (Å²) in [6, 6.07) is 5.11. The summed E-state index contributed by atoms with van der Waals surface area (Å²) in [5.41, 5.74) is 0.508. The largest absolute Gasteiger partial charge is 0.493 e. The van der Waals surface area contributed by atoms with Crippen LogP contribution in [0, 0.1) is 5.92 Å². The summed E-state index contributed by atoms with van der Waals surface area (Å²) < 4.78 is 10.9. The van der Waals surface area contributed by atoms with E-state index in [9.17, 15) is 9.90 Å². The van der Waals surface area contributed by atoms with E-state index in [1.54, 1.807) is 25.3 Å². The van der Waals surface area contributed by atoms with Crippen LogP contribution in [0.25, 0.3) is 0 Å². The molecular formula is C16H25ClN2O4. The van der Waals surface area contributed by atoms with Crippen molar-refractivity contribution in [1.29, 1.82) is 0 Å². The normalized spacial score (nSPS) is 20.0. The average Bonchev–Trinajstić information content (AvgIpc) is 2.90. The van der Waals surface area contributed by atoms with Crippen molar-refractivity contribution in [2.45, 2.75) is 26.1 Å². The third kappa shape index (κ3) is 5.27. The Kier molecular flexibility index (Phi) is 7.61. The second kappa shape index (κ2) is 8.96. The van der Waals surface area contributed by atoms with Gasteiger partial charge in [-0.1, -0.05) is 0 Å². The van der Waals surface area contributed by atoms with E-state index in [1.165, 1.54) is 0 Å². The fourth-order valence-electron chi connectivity index (χ4n) is 2.41. The first-order valence-corrected chi connectivity index (χ1v) is 7.53. The number of amides is 1. The van der Waals surface area contributed by atoms with Crippen LogP contribution in [0.5, 0.6) is 11.5 Å². The minimum absolute atomic E-state index is 0. The number of carbonyl (C=O) groups excluding carboxylic acids is 1. The van der Waals surface area contributed by atoms with Crippen molar-refractivity contribution in [3.05, 3.63) is 23.8 Å². The van der Waals surface area contributed by atoms with Gasteiger partial charge in [0, 0.05) is 31.1 Å². The molecule has 23 heavy (non-hydrogen) atoms. The second-order valence-electron chi connectivity index (χ2n) is 5.73. The molecule has 0 aliphatic carbocycles. The molecule has 6 nitrogen and oxygen atoms in total. The van der Waals surface area contributed by atoms with Crippen LogP contribution in [0.1, 0.15) is 24.2 Å². The number of benzene rings is 1. The van der Waals surface area contributed by atoms with E-state index < -0.39 is 6.10 Å². The highest BCUT2D eigenvalue weighted by molar-refractivity contribution is 5.94. The molecule has 2 unspecified atom stereocenters. The van der Waals surface area contributed by atoms with E-state index in [4.69, 9.17) is 9.47 Å². The summed E-state index contributed by atoms with van der Waals surface area (Å²) in [5.74, 6) is 1.01. The standard InChI is InChI=1S/C16H24N2O4.ClH/c1-10(2)22-14-5-4-11(6-15(14)21-3)16(20)18-8-12-7-17-9-13(12)19;/h4-6,10,12-13,17,19H,7-9H2,1-3H3,(H,18,20);1H. The molecule has 1 saturated heterocycles. The molecule has 1 amide bonds. The number of hydrogen-bond donors (Lipinski definition) is 3. The Hall–Kier alpha value is -1.50. The first kappa shape index (κ1) is 19.5. The van der Waals surface area contributed by atoms with Gasteiger partial charge in [0.15, 0.2) is 11.5 Å². The second-order valence-corrected chi connectivity index (χ2v) is 5.73. The predicted molar refractivity (Wildman–Crippen MR) is 90.7 cm³/mol. The quantitative estimate of drug-likeness (QED) is 0.723. The lowest BCUT2D eigenvalue weighted by atomic mass is 10.1. The van der Waals surface area contributed by atoms with Gasteiger partial charge >= 0.3 is 0 Å². The number of carbonyl (C=O) groups is 1. The summed E-state index contributed by atoms with van der Waals surface area (Å²) >= 11 is 0. The smallest absolute Gasteiger partial charge is 0.251 e. The van der Waals surface area contributed by atoms with Crippen molar-refractivity contribution in [2.75, 3.05) is 26.7 Å². The SMILES string of the molecule is COc1cc(C(=O)NCC2CNCC2O)ccc1OC(C)C.Cl. The summed E-state index contributed by atoms with van der Waals surface area (Å²) in [5, 5.41) is 15.7. The van der Waals surface area contributed by atoms with Crippen LogP contribution in [0.15, 0.2) is 18.2 Å². The van der Waals surface area contributed by atoms with Crippen molar-refractivity contribution in [1.82, 2.24) is 10.6 Å². The fraction of sp³-hybridized carbons (Fsp3) is 0.562. The fourth-order valence-corrected chi connectivity index (χ4v) is 2.41. The number of nitrogens with one attached hydrogen (secondary N) is 2. The third-order valence-electron chi connectivity index (χ3n) is 3.62. The average molecular weight is 345 g/mol. The lowest BCUT2D eigenvalue weighted by Gasteiger charge is -2.16. The number of rotatable bonds is 6. The lowest BCUT2D eigenvalue weighted by Crippen LogP contribution is -2.34. The van der Waals surface area contributed by atoms with Crippen LogP contribution < -0.4 is 20.1 Å². The molecule has 7 heteroatoms. The molecule has 1 aliphatic heterocycles. The van der Waals surface area contributed by atoms with Gasteiger partial charge in [0.1, 0.15) is 0 Å². The van der Waals surface area contributed by atoms with Gasteiger partial charge in [0.2, 0.25) is 0 Å². The molecule has 2 atom stereocenters. The highest BCUT2D eigenvalue weighted by Gasteiger charge is 2.25. The van der Waals surface area contributed by atoms with Crippen molar-refractivity contribution < 1.29 is 19.4 Å². The molecule has 0 spiro atoms. The predicted octanol–water partition coefficient (Wildman–Crippen LogP) is 1.21. The van der Waals surface area contributed by atoms with E-state index in [0.29, 0.717) is 36.7 Å². The monoisotopic (exact) mass is 344 g/mol. The van der Waals surface area contributed by atoms with E-state index in [2.05, 4.69) is 10.6 Å². The number of aliphatic hydroxyl groups excluding tert-OH is 1. The highest BCUT2D eigenvalue weighted by atomic mass is 35.5. The molecule has 130 valence electrons. The molecule has 1 heterocycles. The van der Waals surface area contributed by atoms with Gasteiger partial charge in [-0.3, -0.25) is 4.79 Å². The Balaban J connectivity index is 0.00000264. The number of halogens is 1. The van der Waals surface area contributed by atoms with E-state index in [0.717, 1.165) is 0 Å². The van der Waals surface area contributed by atoms with E-state index in [1.807, 2.05) is 13.8 Å². The Morgan fingerprint density at radius 1 is 1.39 bits per heavy atom. The van der Waals surface area contributed by atoms with E-state index >= 15 is 0 Å². The number of hydrogen-bond acceptors (Lipinski definition) is 5. The summed E-state index contributed by atoms with van der Waals surface area (Å²) in [4.78, 5) is 12.2. The van der Waals surface area contributed by atoms with Gasteiger partial charge in [0.05, 0.1) is 19.3 Å². The first-order valence-electron chi connectivity index (χ1n) is 7.53. The molecular weight excluding hydrogens is 320 g/mol. The van der Waals surface area contributed by atoms with Crippen LogP contribution in [0.4, 0.5) is 0 Å². The van der Waals surface area contributed by atoms with Crippen LogP contribution in [0.2, 0.25) is 0 Å². The maximum absolute atomic E-state index is 12.2. The topological polar surface area (TPSA) is 79.8 Å². The van der Waals surface area contributed by atoms with Gasteiger partial charge in [-0.15, -0.1) is 12.4 Å². The van der Waals surface area contributed by atoms with Crippen LogP contribution in [0.3, 0.4) is 0 Å². The Morgan fingerprint density at radius 2 is 2.13 bits per heavy atom. The maximum Gasteiger partial charge on any atom is 0.251 e. The highest BCUT2D eigenvalue weighted by Crippen LogP contribution is 2.29. The van der Waals surface area contributed by atoms with Crippen LogP contribution >= 0.6 is 12.4 Å². The molecule has 1 fully saturated rings. The Labute approximate surface area is 143 Å². The zero-order valence-corrected chi connectivity index (χ0v) is 14.5. The molecule has 0 aromatic heterocycles. The molecule has 1 aliphatic rings. The third-order valence-corrected chi connectivity index (χ3v) is 3.62. The molecule has 1 aromatic carbocycles. The molecule has 2 rings (SSSR count). The number of β-amino-alcohol motifs (C(OH)–C–C–N with tert-alkyl or cyclic N) is 1. The van der Waals surface area contributed by atoms with E-state index in [-0.39, 0.29) is 30.3 Å². The maximum atomic E-state index is 12.2. The van der Waals surface area contributed by atoms with Crippen LogP contribution in [-0.4, -0.2) is 50.0 Å². The van der Waals surface area contributed by atoms with Gasteiger partial charge in [-0.2, -0.15) is 0 Å². The summed E-state index contributed by atoms with van der Waals surface area (Å²) in [6.45, 7) is 5.60. The number of methoxy groups -OCH3 is 1. The zero-order valence-electron chi connectivity index (χ0n) is 13.7. The molecule has 3 N–H and O–H groups in total. The number of ether oxygens (including phenoxy) is 2. The molecule has 0 bridgehead atoms. The van der Waals surface area contributed by atoms with Crippen molar-refractivity contribution in [3.63, 3.8) is 0 Å². The molecule has 0 saturated carbocycles. The lowest BCUT2D eigenvalue weighted by molar-refractivity contribution is 0.0926. The minimum Gasteiger partial charge on any atom is -0.493 e. The number of aliphatic hydroxyl groups is 1. The molecule has 1 aromatic rings. The van der Waals surface area contributed by atoms with Crippen molar-refractivity contribution >= 4 is 18.3 Å².